The van der Waals surface area contributed by atoms with Crippen LogP contribution in [0.5, 0.6) is 0 Å². The average molecular weight is 372 g/mol. The molecule has 1 heterocycles. The molecule has 11 N–H and O–H groups in total. The van der Waals surface area contributed by atoms with E-state index in [0.29, 0.717) is 25.8 Å². The Hall–Kier alpha value is -1.89. The second-order valence-electron chi connectivity index (χ2n) is 6.86. The Labute approximate surface area is 152 Å². The molecular formula is C14H29BN6O5. The number of hydrogen-bond donors (Lipinski definition) is 7. The summed E-state index contributed by atoms with van der Waals surface area (Å²) in [4.78, 5) is 29.3. The molecule has 1 aliphatic rings. The first-order chi connectivity index (χ1) is 12.0. The van der Waals surface area contributed by atoms with Crippen LogP contribution < -0.4 is 22.9 Å². The molecular weight excluding hydrogens is 343 g/mol. The van der Waals surface area contributed by atoms with E-state index in [4.69, 9.17) is 33.0 Å². The molecule has 0 aromatic carbocycles. The molecule has 1 aliphatic heterocycles. The maximum Gasteiger partial charge on any atom is 0.451 e. The number of carbonyl (C=O) groups is 2. The Morgan fingerprint density at radius 1 is 1.35 bits per heavy atom. The number of aliphatic carboxylic acids is 1. The second kappa shape index (κ2) is 9.71. The Kier molecular flexibility index (Phi) is 8.28. The Balaban J connectivity index is 2.72. The smallest absolute Gasteiger partial charge is 0.451 e. The van der Waals surface area contributed by atoms with Crippen molar-refractivity contribution in [3.63, 3.8) is 0 Å². The van der Waals surface area contributed by atoms with E-state index in [1.165, 1.54) is 4.90 Å². The summed E-state index contributed by atoms with van der Waals surface area (Å²) in [6.07, 6.45) is 1.42. The Morgan fingerprint density at radius 2 is 2.00 bits per heavy atom. The first-order valence-electron chi connectivity index (χ1n) is 8.53. The molecule has 1 rings (SSSR count). The van der Waals surface area contributed by atoms with Gasteiger partial charge in [0.25, 0.3) is 0 Å². The first kappa shape index (κ1) is 22.2. The fourth-order valence-electron chi connectivity index (χ4n) is 3.14. The fourth-order valence-corrected chi connectivity index (χ4v) is 3.14. The van der Waals surface area contributed by atoms with E-state index in [-0.39, 0.29) is 43.6 Å². The molecule has 12 heteroatoms. The number of guanidine groups is 1. The predicted octanol–water partition coefficient (Wildman–Crippen LogP) is -3.14. The third-order valence-electron chi connectivity index (χ3n) is 4.46. The molecule has 26 heavy (non-hydrogen) atoms. The molecule has 1 fully saturated rings. The molecule has 0 aromatic heterocycles. The van der Waals surface area contributed by atoms with Crippen molar-refractivity contribution in [3.05, 3.63) is 0 Å². The molecule has 3 atom stereocenters. The zero-order valence-corrected chi connectivity index (χ0v) is 14.8. The van der Waals surface area contributed by atoms with Gasteiger partial charge in [0.1, 0.15) is 5.54 Å². The number of likely N-dealkylation sites (tertiary alicyclic amines) is 1. The Bertz CT molecular complexity index is 530. The molecule has 0 spiro atoms. The van der Waals surface area contributed by atoms with E-state index in [2.05, 4.69) is 4.99 Å². The van der Waals surface area contributed by atoms with Crippen molar-refractivity contribution in [2.24, 2.45) is 33.8 Å². The number of nitrogens with two attached hydrogens (primary N) is 4. The molecule has 0 radical (unpaired) electrons. The highest BCUT2D eigenvalue weighted by Crippen LogP contribution is 2.28. The summed E-state index contributed by atoms with van der Waals surface area (Å²) in [6.45, 7) is 0.483. The molecule has 1 saturated heterocycles. The van der Waals surface area contributed by atoms with Crippen LogP contribution in [0.3, 0.4) is 0 Å². The van der Waals surface area contributed by atoms with Gasteiger partial charge in [-0.2, -0.15) is 0 Å². The maximum atomic E-state index is 12.6. The maximum absolute atomic E-state index is 12.6. The normalized spacial score (nSPS) is 24.0. The highest BCUT2D eigenvalue weighted by Gasteiger charge is 2.44. The number of carboxylic acids is 1. The van der Waals surface area contributed by atoms with Crippen molar-refractivity contribution in [3.8, 4) is 0 Å². The lowest BCUT2D eigenvalue weighted by atomic mass is 9.75. The number of piperidine rings is 1. The number of aliphatic imine (C=N–C) groups is 1. The van der Waals surface area contributed by atoms with Crippen LogP contribution in [0.25, 0.3) is 0 Å². The summed E-state index contributed by atoms with van der Waals surface area (Å²) in [6, 6.07) is -0.815. The number of nitrogens with zero attached hydrogens (tertiary/aromatic N) is 2. The van der Waals surface area contributed by atoms with Crippen LogP contribution in [0, 0.1) is 5.92 Å². The van der Waals surface area contributed by atoms with Crippen molar-refractivity contribution in [1.82, 2.24) is 4.90 Å². The van der Waals surface area contributed by atoms with Gasteiger partial charge < -0.3 is 43.0 Å². The number of rotatable bonds is 9. The van der Waals surface area contributed by atoms with Gasteiger partial charge in [0.2, 0.25) is 5.91 Å². The van der Waals surface area contributed by atoms with Gasteiger partial charge in [0.15, 0.2) is 5.96 Å². The number of carbonyl (C=O) groups excluding carboxylic acids is 1. The SMILES string of the molecule is NC(N)=NCCCC(N)C(=O)N1C[C@@H](CCB(O)O)C[C@](N)(C(=O)O)C1. The van der Waals surface area contributed by atoms with Crippen LogP contribution in [-0.2, 0) is 9.59 Å². The average Bonchev–Trinajstić information content (AvgIpc) is 2.55. The molecule has 0 aromatic rings. The van der Waals surface area contributed by atoms with Crippen LogP contribution in [-0.4, -0.2) is 76.2 Å². The van der Waals surface area contributed by atoms with Crippen LogP contribution in [0.1, 0.15) is 25.7 Å². The third kappa shape index (κ3) is 6.79. The molecule has 1 amide bonds. The molecule has 0 aliphatic carbocycles. The van der Waals surface area contributed by atoms with Gasteiger partial charge in [-0.25, -0.2) is 0 Å². The van der Waals surface area contributed by atoms with Crippen LogP contribution in [0.15, 0.2) is 4.99 Å². The van der Waals surface area contributed by atoms with Gasteiger partial charge in [-0.15, -0.1) is 0 Å². The summed E-state index contributed by atoms with van der Waals surface area (Å²) < 4.78 is 0. The van der Waals surface area contributed by atoms with E-state index < -0.39 is 24.7 Å². The number of amides is 1. The molecule has 0 bridgehead atoms. The zero-order valence-electron chi connectivity index (χ0n) is 14.8. The van der Waals surface area contributed by atoms with Crippen molar-refractivity contribution < 1.29 is 24.7 Å². The highest BCUT2D eigenvalue weighted by atomic mass is 16.4. The third-order valence-corrected chi connectivity index (χ3v) is 4.46. The highest BCUT2D eigenvalue weighted by molar-refractivity contribution is 6.40. The van der Waals surface area contributed by atoms with Crippen LogP contribution >= 0.6 is 0 Å². The monoisotopic (exact) mass is 372 g/mol. The lowest BCUT2D eigenvalue weighted by Crippen LogP contribution is -2.64. The molecule has 148 valence electrons. The Morgan fingerprint density at radius 3 is 2.54 bits per heavy atom. The first-order valence-corrected chi connectivity index (χ1v) is 8.53. The van der Waals surface area contributed by atoms with Gasteiger partial charge in [-0.1, -0.05) is 6.42 Å². The minimum absolute atomic E-state index is 0.0378. The number of hydrogen-bond acceptors (Lipinski definition) is 7. The minimum Gasteiger partial charge on any atom is -0.480 e. The van der Waals surface area contributed by atoms with Gasteiger partial charge >= 0.3 is 13.1 Å². The quantitative estimate of drug-likeness (QED) is 0.0940. The molecule has 0 saturated carbocycles. The summed E-state index contributed by atoms with van der Waals surface area (Å²) in [5.41, 5.74) is 20.8. The van der Waals surface area contributed by atoms with Crippen molar-refractivity contribution in [2.75, 3.05) is 19.6 Å². The van der Waals surface area contributed by atoms with E-state index in [9.17, 15) is 14.7 Å². The largest absolute Gasteiger partial charge is 0.480 e. The van der Waals surface area contributed by atoms with E-state index >= 15 is 0 Å². The van der Waals surface area contributed by atoms with Gasteiger partial charge in [-0.3, -0.25) is 14.6 Å². The van der Waals surface area contributed by atoms with Crippen LogP contribution in [0.2, 0.25) is 6.32 Å². The summed E-state index contributed by atoms with van der Waals surface area (Å²) in [5.74, 6) is -1.89. The lowest BCUT2D eigenvalue weighted by molar-refractivity contribution is -0.149. The zero-order chi connectivity index (χ0) is 19.9. The van der Waals surface area contributed by atoms with Crippen LogP contribution in [0.4, 0.5) is 0 Å². The topological polar surface area (TPSA) is 215 Å². The standard InChI is InChI=1S/C14H29BN6O5/c16-10(2-1-5-20-13(17)18)11(22)21-7-9(3-4-15(25)26)6-14(19,8-21)12(23)24/h9-10,25-26H,1-8,16,19H2,(H,23,24)(H4,17,18,20)/t9-,10?,14+/m0/s1. The molecule has 11 nitrogen and oxygen atoms in total. The number of carboxylic acid groups (broad SMARTS) is 1. The van der Waals surface area contributed by atoms with Crippen molar-refractivity contribution in [2.45, 2.75) is 43.6 Å². The minimum atomic E-state index is -1.59. The summed E-state index contributed by atoms with van der Waals surface area (Å²) in [5, 5.41) is 27.5. The van der Waals surface area contributed by atoms with E-state index in [1.807, 2.05) is 0 Å². The van der Waals surface area contributed by atoms with E-state index in [0.717, 1.165) is 0 Å². The predicted molar refractivity (Wildman–Crippen MR) is 96.7 cm³/mol. The van der Waals surface area contributed by atoms with Gasteiger partial charge in [-0.05, 0) is 31.5 Å². The van der Waals surface area contributed by atoms with Crippen molar-refractivity contribution in [1.29, 1.82) is 0 Å². The second-order valence-corrected chi connectivity index (χ2v) is 6.86. The fraction of sp³-hybridized carbons (Fsp3) is 0.786. The summed E-state index contributed by atoms with van der Waals surface area (Å²) >= 11 is 0. The van der Waals surface area contributed by atoms with E-state index in [1.54, 1.807) is 0 Å². The lowest BCUT2D eigenvalue weighted by Gasteiger charge is -2.42. The summed E-state index contributed by atoms with van der Waals surface area (Å²) in [7, 11) is -1.49. The van der Waals surface area contributed by atoms with Gasteiger partial charge in [0, 0.05) is 19.6 Å². The molecule has 1 unspecified atom stereocenters. The van der Waals surface area contributed by atoms with Gasteiger partial charge in [0.05, 0.1) is 6.04 Å². The van der Waals surface area contributed by atoms with Crippen molar-refractivity contribution >= 4 is 25.0 Å².